The Morgan fingerprint density at radius 2 is 0.969 bits per heavy atom. The van der Waals surface area contributed by atoms with E-state index in [-0.39, 0.29) is 23.7 Å². The van der Waals surface area contributed by atoms with E-state index in [4.69, 9.17) is 0 Å². The summed E-state index contributed by atoms with van der Waals surface area (Å²) in [5.41, 5.74) is 0. The molecule has 0 heterocycles. The highest BCUT2D eigenvalue weighted by Gasteiger charge is 2.22. The number of hydrogen-bond donors (Lipinski definition) is 2. The van der Waals surface area contributed by atoms with Crippen molar-refractivity contribution < 1.29 is 19.2 Å². The van der Waals surface area contributed by atoms with Gasteiger partial charge in [-0.05, 0) is 38.5 Å². The first-order valence-electron chi connectivity index (χ1n) is 12.4. The van der Waals surface area contributed by atoms with Gasteiger partial charge in [0.1, 0.15) is 11.6 Å². The molecule has 2 N–H and O–H groups in total. The Labute approximate surface area is 201 Å². The Bertz CT molecular complexity index is 551. The Morgan fingerprint density at radius 1 is 0.594 bits per heavy atom. The van der Waals surface area contributed by atoms with Crippen LogP contribution in [0.2, 0.25) is 0 Å². The molecule has 0 aromatic rings. The molecule has 182 valence electrons. The number of rotatable bonds is 17. The van der Waals surface area contributed by atoms with Crippen LogP contribution in [0.3, 0.4) is 0 Å². The summed E-state index contributed by atoms with van der Waals surface area (Å²) in [6, 6.07) is 0. The van der Waals surface area contributed by atoms with Gasteiger partial charge in [-0.15, -0.1) is 0 Å². The third kappa shape index (κ3) is 11.7. The van der Waals surface area contributed by atoms with E-state index in [9.17, 15) is 19.2 Å². The van der Waals surface area contributed by atoms with Crippen molar-refractivity contribution in [3.05, 3.63) is 0 Å². The molecular weight excluding hydrogens is 444 g/mol. The molecule has 0 bridgehead atoms. The number of carbonyl (C=O) groups is 4. The predicted octanol–water partition coefficient (Wildman–Crippen LogP) is 4.46. The summed E-state index contributed by atoms with van der Waals surface area (Å²) in [6.07, 6.45) is 12.0. The van der Waals surface area contributed by atoms with Crippen LogP contribution >= 0.6 is 21.6 Å². The fourth-order valence-corrected chi connectivity index (χ4v) is 6.32. The van der Waals surface area contributed by atoms with E-state index in [1.807, 2.05) is 0 Å². The van der Waals surface area contributed by atoms with Gasteiger partial charge in [0.25, 0.3) is 0 Å². The van der Waals surface area contributed by atoms with Crippen LogP contribution in [-0.4, -0.2) is 48.0 Å². The number of carbonyl (C=O) groups excluding carboxylic acids is 4. The Balaban J connectivity index is 1.33. The largest absolute Gasteiger partial charge is 0.355 e. The van der Waals surface area contributed by atoms with E-state index in [2.05, 4.69) is 10.6 Å². The molecule has 2 amide bonds. The first-order chi connectivity index (χ1) is 15.6. The van der Waals surface area contributed by atoms with Crippen molar-refractivity contribution in [2.75, 3.05) is 24.6 Å². The van der Waals surface area contributed by atoms with Crippen molar-refractivity contribution in [1.82, 2.24) is 10.6 Å². The standard InChI is InChI=1S/C24H40N2O4S2/c27-21(19-7-1-2-8-19)11-5-13-23(29)25-15-17-31-32-18-16-26-24(30)14-6-12-22(28)20-9-3-4-10-20/h19-20H,1-18H2,(H,25,29)(H,26,30). The summed E-state index contributed by atoms with van der Waals surface area (Å²) < 4.78 is 0. The SMILES string of the molecule is O=C(CCCC(=O)C1CCCC1)NCCSSCCNC(=O)CCCC(=O)C1CCCC1. The van der Waals surface area contributed by atoms with Crippen molar-refractivity contribution >= 4 is 45.0 Å². The molecule has 32 heavy (non-hydrogen) atoms. The van der Waals surface area contributed by atoms with Gasteiger partial charge in [0, 0.05) is 62.1 Å². The normalized spacial score (nSPS) is 16.9. The Hall–Kier alpha value is -1.02. The molecule has 2 aliphatic carbocycles. The van der Waals surface area contributed by atoms with Crippen LogP contribution in [-0.2, 0) is 19.2 Å². The molecule has 2 saturated carbocycles. The van der Waals surface area contributed by atoms with Gasteiger partial charge in [-0.1, -0.05) is 47.3 Å². The monoisotopic (exact) mass is 484 g/mol. The van der Waals surface area contributed by atoms with Crippen molar-refractivity contribution in [2.45, 2.75) is 89.9 Å². The highest BCUT2D eigenvalue weighted by molar-refractivity contribution is 8.76. The van der Waals surface area contributed by atoms with E-state index < -0.39 is 0 Å². The molecule has 0 unspecified atom stereocenters. The van der Waals surface area contributed by atoms with E-state index in [0.717, 1.165) is 37.2 Å². The molecule has 8 heteroatoms. The quantitative estimate of drug-likeness (QED) is 0.234. The van der Waals surface area contributed by atoms with E-state index in [1.165, 1.54) is 25.7 Å². The lowest BCUT2D eigenvalue weighted by Gasteiger charge is -2.08. The van der Waals surface area contributed by atoms with Gasteiger partial charge in [0.05, 0.1) is 0 Å². The maximum absolute atomic E-state index is 12.0. The Kier molecular flexibility index (Phi) is 14.1. The van der Waals surface area contributed by atoms with Crippen molar-refractivity contribution in [1.29, 1.82) is 0 Å². The molecule has 2 aliphatic rings. The summed E-state index contributed by atoms with van der Waals surface area (Å²) >= 11 is 0. The second kappa shape index (κ2) is 16.6. The van der Waals surface area contributed by atoms with Crippen LogP contribution < -0.4 is 10.6 Å². The summed E-state index contributed by atoms with van der Waals surface area (Å²) in [7, 11) is 3.36. The van der Waals surface area contributed by atoms with Crippen LogP contribution in [0, 0.1) is 11.8 Å². The molecule has 0 atom stereocenters. The maximum atomic E-state index is 12.0. The maximum Gasteiger partial charge on any atom is 0.220 e. The van der Waals surface area contributed by atoms with Gasteiger partial charge in [0.15, 0.2) is 0 Å². The number of amides is 2. The smallest absolute Gasteiger partial charge is 0.220 e. The van der Waals surface area contributed by atoms with Crippen LogP contribution in [0.5, 0.6) is 0 Å². The van der Waals surface area contributed by atoms with E-state index in [1.54, 1.807) is 21.6 Å². The summed E-state index contributed by atoms with van der Waals surface area (Å²) in [6.45, 7) is 1.24. The van der Waals surface area contributed by atoms with Gasteiger partial charge in [-0.25, -0.2) is 0 Å². The Morgan fingerprint density at radius 3 is 1.34 bits per heavy atom. The predicted molar refractivity (Wildman–Crippen MR) is 133 cm³/mol. The second-order valence-corrected chi connectivity index (χ2v) is 11.6. The lowest BCUT2D eigenvalue weighted by Crippen LogP contribution is -2.26. The minimum absolute atomic E-state index is 0.0218. The first kappa shape index (κ1) is 27.2. The number of nitrogens with one attached hydrogen (secondary N) is 2. The van der Waals surface area contributed by atoms with Crippen LogP contribution in [0.1, 0.15) is 89.9 Å². The molecule has 6 nitrogen and oxygen atoms in total. The molecule has 0 aliphatic heterocycles. The van der Waals surface area contributed by atoms with Gasteiger partial charge in [-0.3, -0.25) is 19.2 Å². The highest BCUT2D eigenvalue weighted by Crippen LogP contribution is 2.27. The number of hydrogen-bond acceptors (Lipinski definition) is 6. The summed E-state index contributed by atoms with van der Waals surface area (Å²) in [5, 5.41) is 5.81. The topological polar surface area (TPSA) is 92.3 Å². The van der Waals surface area contributed by atoms with Gasteiger partial charge in [0.2, 0.25) is 11.8 Å². The summed E-state index contributed by atoms with van der Waals surface area (Å²) in [4.78, 5) is 47.7. The lowest BCUT2D eigenvalue weighted by atomic mass is 9.98. The zero-order valence-corrected chi connectivity index (χ0v) is 21.0. The van der Waals surface area contributed by atoms with E-state index >= 15 is 0 Å². The molecule has 0 aromatic carbocycles. The minimum atomic E-state index is 0.0218. The molecule has 0 saturated heterocycles. The van der Waals surface area contributed by atoms with Gasteiger partial charge >= 0.3 is 0 Å². The van der Waals surface area contributed by atoms with Gasteiger partial charge in [-0.2, -0.15) is 0 Å². The minimum Gasteiger partial charge on any atom is -0.355 e. The molecule has 0 aromatic heterocycles. The third-order valence-electron chi connectivity index (χ3n) is 6.37. The fraction of sp³-hybridized carbons (Fsp3) is 0.833. The van der Waals surface area contributed by atoms with Crippen molar-refractivity contribution in [3.63, 3.8) is 0 Å². The van der Waals surface area contributed by atoms with Crippen LogP contribution in [0.4, 0.5) is 0 Å². The first-order valence-corrected chi connectivity index (χ1v) is 14.9. The second-order valence-electron chi connectivity index (χ2n) is 8.95. The molecule has 2 rings (SSSR count). The molecule has 2 fully saturated rings. The zero-order chi connectivity index (χ0) is 23.0. The molecule has 0 radical (unpaired) electrons. The number of Topliss-reactive ketones (excluding diaryl/α,β-unsaturated/α-hetero) is 2. The van der Waals surface area contributed by atoms with Crippen LogP contribution in [0.25, 0.3) is 0 Å². The number of ketones is 2. The average molecular weight is 485 g/mol. The fourth-order valence-electron chi connectivity index (χ4n) is 4.51. The zero-order valence-electron chi connectivity index (χ0n) is 19.3. The van der Waals surface area contributed by atoms with Crippen molar-refractivity contribution in [3.8, 4) is 0 Å². The molecular formula is C24H40N2O4S2. The highest BCUT2D eigenvalue weighted by atomic mass is 33.1. The third-order valence-corrected chi connectivity index (χ3v) is 8.78. The summed E-state index contributed by atoms with van der Waals surface area (Å²) in [5.74, 6) is 2.86. The lowest BCUT2D eigenvalue weighted by molar-refractivity contribution is -0.125. The van der Waals surface area contributed by atoms with Crippen molar-refractivity contribution in [2.24, 2.45) is 11.8 Å². The molecule has 0 spiro atoms. The van der Waals surface area contributed by atoms with Gasteiger partial charge < -0.3 is 10.6 Å². The van der Waals surface area contributed by atoms with E-state index in [0.29, 0.717) is 63.2 Å². The average Bonchev–Trinajstić information content (AvgIpc) is 3.50. The van der Waals surface area contributed by atoms with Crippen LogP contribution in [0.15, 0.2) is 0 Å².